The first-order valence-electron chi connectivity index (χ1n) is 8.51. The van der Waals surface area contributed by atoms with Crippen LogP contribution in [0.4, 0.5) is 5.69 Å². The van der Waals surface area contributed by atoms with Gasteiger partial charge in [-0.3, -0.25) is 9.59 Å². The van der Waals surface area contributed by atoms with Crippen LogP contribution >= 0.6 is 0 Å². The van der Waals surface area contributed by atoms with Crippen LogP contribution in [0.25, 0.3) is 0 Å². The van der Waals surface area contributed by atoms with E-state index in [9.17, 15) is 18.0 Å². The summed E-state index contributed by atoms with van der Waals surface area (Å²) in [5, 5.41) is 2.65. The van der Waals surface area contributed by atoms with Crippen LogP contribution in [0.3, 0.4) is 0 Å². The molecule has 3 aromatic rings. The molecule has 3 rings (SSSR count). The Morgan fingerprint density at radius 2 is 1.93 bits per heavy atom. The number of anilines is 1. The van der Waals surface area contributed by atoms with E-state index in [1.54, 1.807) is 42.6 Å². The lowest BCUT2D eigenvalue weighted by molar-refractivity contribution is -0.116. The van der Waals surface area contributed by atoms with Gasteiger partial charge in [0.15, 0.2) is 0 Å². The maximum Gasteiger partial charge on any atom is 0.250 e. The number of hydrogen-bond donors (Lipinski definition) is 2. The standard InChI is InChI=1S/C19H19N3O5S/c23-18(9-11-22-10-2-1-8-19(22)24)21-15-5-3-7-17(13-15)28(25,26)20-14-16-6-4-12-27-16/h1-8,10,12-13,20H,9,11,14H2,(H,21,23). The number of amides is 1. The van der Waals surface area contributed by atoms with E-state index in [0.29, 0.717) is 11.4 Å². The van der Waals surface area contributed by atoms with Gasteiger partial charge in [0.25, 0.3) is 5.56 Å². The normalized spacial score (nSPS) is 11.3. The van der Waals surface area contributed by atoms with Gasteiger partial charge in [-0.15, -0.1) is 0 Å². The number of sulfonamides is 1. The Kier molecular flexibility index (Phi) is 6.07. The predicted molar refractivity (Wildman–Crippen MR) is 103 cm³/mol. The molecule has 0 unspecified atom stereocenters. The first-order chi connectivity index (χ1) is 13.4. The molecule has 0 aliphatic rings. The third-order valence-electron chi connectivity index (χ3n) is 3.92. The van der Waals surface area contributed by atoms with E-state index >= 15 is 0 Å². The summed E-state index contributed by atoms with van der Waals surface area (Å²) in [5.41, 5.74) is 0.164. The molecule has 146 valence electrons. The highest BCUT2D eigenvalue weighted by Gasteiger charge is 2.15. The molecule has 1 aromatic carbocycles. The number of rotatable bonds is 8. The monoisotopic (exact) mass is 401 g/mol. The number of furan rings is 1. The lowest BCUT2D eigenvalue weighted by Gasteiger charge is -2.09. The molecule has 0 radical (unpaired) electrons. The fraction of sp³-hybridized carbons (Fsp3) is 0.158. The van der Waals surface area contributed by atoms with Gasteiger partial charge >= 0.3 is 0 Å². The second-order valence-corrected chi connectivity index (χ2v) is 7.73. The molecular formula is C19H19N3O5S. The molecule has 28 heavy (non-hydrogen) atoms. The number of carbonyl (C=O) groups is 1. The summed E-state index contributed by atoms with van der Waals surface area (Å²) in [5.74, 6) is 0.165. The van der Waals surface area contributed by atoms with Crippen LogP contribution in [0, 0.1) is 0 Å². The maximum atomic E-state index is 12.4. The number of aryl methyl sites for hydroxylation is 1. The predicted octanol–water partition coefficient (Wildman–Crippen LogP) is 1.95. The molecule has 0 saturated heterocycles. The van der Waals surface area contributed by atoms with E-state index in [4.69, 9.17) is 4.42 Å². The number of hydrogen-bond acceptors (Lipinski definition) is 5. The lowest BCUT2D eigenvalue weighted by Crippen LogP contribution is -2.23. The van der Waals surface area contributed by atoms with Crippen molar-refractivity contribution < 1.29 is 17.6 Å². The van der Waals surface area contributed by atoms with Gasteiger partial charge in [-0.25, -0.2) is 13.1 Å². The zero-order valence-electron chi connectivity index (χ0n) is 14.9. The number of pyridine rings is 1. The van der Waals surface area contributed by atoms with E-state index in [2.05, 4.69) is 10.0 Å². The first-order valence-corrected chi connectivity index (χ1v) is 10.00. The van der Waals surface area contributed by atoms with Crippen LogP contribution in [-0.4, -0.2) is 18.9 Å². The van der Waals surface area contributed by atoms with Crippen molar-refractivity contribution in [2.45, 2.75) is 24.4 Å². The van der Waals surface area contributed by atoms with Crippen LogP contribution in [-0.2, 0) is 27.9 Å². The molecule has 2 N–H and O–H groups in total. The Morgan fingerprint density at radius 3 is 2.68 bits per heavy atom. The highest BCUT2D eigenvalue weighted by atomic mass is 32.2. The minimum Gasteiger partial charge on any atom is -0.468 e. The van der Waals surface area contributed by atoms with Crippen LogP contribution in [0.5, 0.6) is 0 Å². The summed E-state index contributed by atoms with van der Waals surface area (Å²) in [7, 11) is -3.76. The van der Waals surface area contributed by atoms with Gasteiger partial charge in [0, 0.05) is 30.9 Å². The molecule has 0 spiro atoms. The average molecular weight is 401 g/mol. The molecule has 0 atom stereocenters. The second kappa shape index (κ2) is 8.68. The van der Waals surface area contributed by atoms with Gasteiger partial charge in [0.05, 0.1) is 17.7 Å². The molecular weight excluding hydrogens is 382 g/mol. The van der Waals surface area contributed by atoms with E-state index < -0.39 is 10.0 Å². The zero-order valence-corrected chi connectivity index (χ0v) is 15.7. The van der Waals surface area contributed by atoms with Gasteiger partial charge in [-0.2, -0.15) is 0 Å². The quantitative estimate of drug-likeness (QED) is 0.599. The highest BCUT2D eigenvalue weighted by Crippen LogP contribution is 2.16. The molecule has 9 heteroatoms. The molecule has 0 aliphatic heterocycles. The summed E-state index contributed by atoms with van der Waals surface area (Å²) in [4.78, 5) is 23.8. The third kappa shape index (κ3) is 5.18. The molecule has 0 fully saturated rings. The first kappa shape index (κ1) is 19.6. The number of nitrogens with zero attached hydrogens (tertiary/aromatic N) is 1. The Labute approximate surface area is 161 Å². The topological polar surface area (TPSA) is 110 Å². The average Bonchev–Trinajstić information content (AvgIpc) is 3.20. The Balaban J connectivity index is 1.61. The fourth-order valence-electron chi connectivity index (χ4n) is 2.49. The Hall–Kier alpha value is -3.17. The molecule has 0 bridgehead atoms. The largest absolute Gasteiger partial charge is 0.468 e. The van der Waals surface area contributed by atoms with Crippen molar-refractivity contribution >= 4 is 21.6 Å². The Bertz CT molecular complexity index is 1100. The summed E-state index contributed by atoms with van der Waals surface area (Å²) in [6, 6.07) is 14.0. The van der Waals surface area contributed by atoms with E-state index in [0.717, 1.165) is 0 Å². The van der Waals surface area contributed by atoms with Crippen molar-refractivity contribution in [2.75, 3.05) is 5.32 Å². The van der Waals surface area contributed by atoms with Crippen LogP contribution < -0.4 is 15.6 Å². The zero-order chi connectivity index (χ0) is 20.0. The number of carbonyl (C=O) groups excluding carboxylic acids is 1. The third-order valence-corrected chi connectivity index (χ3v) is 5.32. The minimum absolute atomic E-state index is 0.0242. The van der Waals surface area contributed by atoms with Crippen molar-refractivity contribution in [1.29, 1.82) is 0 Å². The summed E-state index contributed by atoms with van der Waals surface area (Å²) < 4.78 is 33.8. The second-order valence-electron chi connectivity index (χ2n) is 5.96. The van der Waals surface area contributed by atoms with Crippen molar-refractivity contribution in [3.8, 4) is 0 Å². The number of nitrogens with one attached hydrogen (secondary N) is 2. The molecule has 0 aliphatic carbocycles. The molecule has 2 heterocycles. The van der Waals surface area contributed by atoms with Crippen molar-refractivity contribution in [3.05, 3.63) is 83.2 Å². The molecule has 2 aromatic heterocycles. The molecule has 1 amide bonds. The summed E-state index contributed by atoms with van der Waals surface area (Å²) >= 11 is 0. The minimum atomic E-state index is -3.76. The number of benzene rings is 1. The summed E-state index contributed by atoms with van der Waals surface area (Å²) in [6.07, 6.45) is 3.15. The van der Waals surface area contributed by atoms with Crippen LogP contribution in [0.15, 0.2) is 81.2 Å². The van der Waals surface area contributed by atoms with E-state index in [1.807, 2.05) is 0 Å². The lowest BCUT2D eigenvalue weighted by atomic mass is 10.3. The van der Waals surface area contributed by atoms with E-state index in [1.165, 1.54) is 29.0 Å². The van der Waals surface area contributed by atoms with Gasteiger partial charge in [-0.1, -0.05) is 12.1 Å². The van der Waals surface area contributed by atoms with Crippen molar-refractivity contribution in [3.63, 3.8) is 0 Å². The number of aromatic nitrogens is 1. The maximum absolute atomic E-state index is 12.4. The van der Waals surface area contributed by atoms with Crippen molar-refractivity contribution in [2.24, 2.45) is 0 Å². The van der Waals surface area contributed by atoms with Gasteiger partial charge in [0.2, 0.25) is 15.9 Å². The van der Waals surface area contributed by atoms with Gasteiger partial charge in [0.1, 0.15) is 5.76 Å². The van der Waals surface area contributed by atoms with Gasteiger partial charge in [-0.05, 0) is 36.4 Å². The van der Waals surface area contributed by atoms with Crippen LogP contribution in [0.1, 0.15) is 12.2 Å². The molecule has 0 saturated carbocycles. The van der Waals surface area contributed by atoms with Crippen LogP contribution in [0.2, 0.25) is 0 Å². The summed E-state index contributed by atoms with van der Waals surface area (Å²) in [6.45, 7) is 0.256. The SMILES string of the molecule is O=C(CCn1ccccc1=O)Nc1cccc(S(=O)(=O)NCc2ccco2)c1. The highest BCUT2D eigenvalue weighted by molar-refractivity contribution is 7.89. The fourth-order valence-corrected chi connectivity index (χ4v) is 3.53. The molecule has 8 nitrogen and oxygen atoms in total. The van der Waals surface area contributed by atoms with Gasteiger partial charge < -0.3 is 14.3 Å². The van der Waals surface area contributed by atoms with E-state index in [-0.39, 0.29) is 35.9 Å². The Morgan fingerprint density at radius 1 is 1.07 bits per heavy atom. The smallest absolute Gasteiger partial charge is 0.250 e. The van der Waals surface area contributed by atoms with Crippen molar-refractivity contribution in [1.82, 2.24) is 9.29 Å².